The third-order valence-electron chi connectivity index (χ3n) is 5.39. The summed E-state index contributed by atoms with van der Waals surface area (Å²) in [6, 6.07) is 13.0. The summed E-state index contributed by atoms with van der Waals surface area (Å²) in [5, 5.41) is 23.0. The average molecular weight is 454 g/mol. The van der Waals surface area contributed by atoms with Crippen LogP contribution in [0.3, 0.4) is 0 Å². The first-order chi connectivity index (χ1) is 16.6. The number of hydrogen-bond acceptors (Lipinski definition) is 8. The molecule has 4 heterocycles. The topological polar surface area (TPSA) is 128 Å². The van der Waals surface area contributed by atoms with Crippen molar-refractivity contribution in [1.29, 1.82) is 0 Å². The summed E-state index contributed by atoms with van der Waals surface area (Å²) in [5.74, 6) is 1.86. The van der Waals surface area contributed by atoms with Crippen molar-refractivity contribution in [1.82, 2.24) is 44.6 Å². The lowest BCUT2D eigenvalue weighted by atomic mass is 10.2. The van der Waals surface area contributed by atoms with E-state index in [-0.39, 0.29) is 12.5 Å². The highest BCUT2D eigenvalue weighted by Crippen LogP contribution is 2.16. The zero-order valence-corrected chi connectivity index (χ0v) is 18.7. The van der Waals surface area contributed by atoms with Crippen LogP contribution in [0.1, 0.15) is 27.6 Å². The van der Waals surface area contributed by atoms with Gasteiger partial charge in [-0.3, -0.25) is 9.20 Å². The second-order valence-electron chi connectivity index (χ2n) is 7.76. The van der Waals surface area contributed by atoms with Gasteiger partial charge in [0, 0.05) is 30.7 Å². The summed E-state index contributed by atoms with van der Waals surface area (Å²) in [6.07, 6.45) is 5.04. The lowest BCUT2D eigenvalue weighted by molar-refractivity contribution is 0.0950. The molecule has 2 N–H and O–H groups in total. The lowest BCUT2D eigenvalue weighted by Gasteiger charge is -2.09. The maximum atomic E-state index is 12.7. The van der Waals surface area contributed by atoms with Crippen molar-refractivity contribution in [3.05, 3.63) is 84.0 Å². The van der Waals surface area contributed by atoms with Crippen LogP contribution >= 0.6 is 0 Å². The first-order valence-corrected chi connectivity index (χ1v) is 10.7. The normalized spacial score (nSPS) is 11.0. The minimum Gasteiger partial charge on any atom is -0.378 e. The number of nitrogens with one attached hydrogen (secondary N) is 2. The van der Waals surface area contributed by atoms with Gasteiger partial charge in [0.05, 0.1) is 13.1 Å². The molecule has 4 aromatic heterocycles. The molecule has 5 aromatic rings. The van der Waals surface area contributed by atoms with Gasteiger partial charge in [-0.1, -0.05) is 6.07 Å². The Hall–Kier alpha value is -4.67. The summed E-state index contributed by atoms with van der Waals surface area (Å²) in [5.41, 5.74) is 3.89. The number of amides is 1. The van der Waals surface area contributed by atoms with Crippen molar-refractivity contribution in [3.63, 3.8) is 0 Å². The molecule has 0 unspecified atom stereocenters. The van der Waals surface area contributed by atoms with Gasteiger partial charge < -0.3 is 15.2 Å². The summed E-state index contributed by atoms with van der Waals surface area (Å²) >= 11 is 0. The summed E-state index contributed by atoms with van der Waals surface area (Å²) < 4.78 is 3.73. The minimum atomic E-state index is -0.197. The molecule has 1 aromatic carbocycles. The standard InChI is InChI=1S/C23H22N10O/c1-15-7-9-33-19(10-15)28-30-21(33)13-26-23(34)16-4-3-5-17(11-16)25-12-20-29-31-22(32(20)2)18-6-8-24-14-27-18/h3-11,14,25H,12-13H2,1-2H3,(H,26,34). The van der Waals surface area contributed by atoms with E-state index in [0.717, 1.165) is 22.7 Å². The third-order valence-corrected chi connectivity index (χ3v) is 5.39. The smallest absolute Gasteiger partial charge is 0.251 e. The number of rotatable bonds is 7. The molecule has 0 atom stereocenters. The van der Waals surface area contributed by atoms with E-state index in [1.807, 2.05) is 53.4 Å². The van der Waals surface area contributed by atoms with Crippen LogP contribution in [0.25, 0.3) is 17.2 Å². The maximum absolute atomic E-state index is 12.7. The number of carbonyl (C=O) groups is 1. The van der Waals surface area contributed by atoms with Crippen molar-refractivity contribution in [2.45, 2.75) is 20.0 Å². The molecule has 11 heteroatoms. The van der Waals surface area contributed by atoms with Gasteiger partial charge >= 0.3 is 0 Å². The fraction of sp³-hybridized carbons (Fsp3) is 0.174. The second-order valence-corrected chi connectivity index (χ2v) is 7.76. The molecule has 34 heavy (non-hydrogen) atoms. The Morgan fingerprint density at radius 2 is 1.88 bits per heavy atom. The predicted molar refractivity (Wildman–Crippen MR) is 125 cm³/mol. The van der Waals surface area contributed by atoms with Gasteiger partial charge in [-0.15, -0.1) is 20.4 Å². The van der Waals surface area contributed by atoms with E-state index in [9.17, 15) is 4.79 Å². The molecular weight excluding hydrogens is 432 g/mol. The number of anilines is 1. The number of nitrogens with zero attached hydrogens (tertiary/aromatic N) is 8. The molecule has 0 saturated heterocycles. The van der Waals surface area contributed by atoms with Gasteiger partial charge in [0.1, 0.15) is 12.0 Å². The van der Waals surface area contributed by atoms with Crippen molar-refractivity contribution in [3.8, 4) is 11.5 Å². The van der Waals surface area contributed by atoms with E-state index in [1.54, 1.807) is 24.4 Å². The number of aromatic nitrogens is 8. The highest BCUT2D eigenvalue weighted by Gasteiger charge is 2.13. The summed E-state index contributed by atoms with van der Waals surface area (Å²) in [6.45, 7) is 2.70. The molecule has 5 rings (SSSR count). The summed E-state index contributed by atoms with van der Waals surface area (Å²) in [7, 11) is 1.88. The monoisotopic (exact) mass is 454 g/mol. The zero-order chi connectivity index (χ0) is 23.5. The SMILES string of the molecule is Cc1ccn2c(CNC(=O)c3cccc(NCc4nnc(-c5ccncn5)n4C)c3)nnc2c1. The Kier molecular flexibility index (Phi) is 5.65. The maximum Gasteiger partial charge on any atom is 0.251 e. The Labute approximate surface area is 194 Å². The van der Waals surface area contributed by atoms with Crippen LogP contribution in [-0.2, 0) is 20.1 Å². The van der Waals surface area contributed by atoms with Gasteiger partial charge in [0.15, 0.2) is 23.1 Å². The van der Waals surface area contributed by atoms with Crippen molar-refractivity contribution in [2.24, 2.45) is 7.05 Å². The van der Waals surface area contributed by atoms with Gasteiger partial charge in [-0.2, -0.15) is 0 Å². The third kappa shape index (κ3) is 4.31. The fourth-order valence-corrected chi connectivity index (χ4v) is 3.54. The minimum absolute atomic E-state index is 0.197. The van der Waals surface area contributed by atoms with Crippen molar-refractivity contribution < 1.29 is 4.79 Å². The van der Waals surface area contributed by atoms with Crippen LogP contribution in [0, 0.1) is 6.92 Å². The first kappa shape index (κ1) is 21.2. The van der Waals surface area contributed by atoms with Crippen LogP contribution in [0.5, 0.6) is 0 Å². The Balaban J connectivity index is 1.23. The Morgan fingerprint density at radius 1 is 1.00 bits per heavy atom. The quantitative estimate of drug-likeness (QED) is 0.383. The van der Waals surface area contributed by atoms with Crippen molar-refractivity contribution >= 4 is 17.2 Å². The number of hydrogen-bond donors (Lipinski definition) is 2. The van der Waals surface area contributed by atoms with E-state index in [0.29, 0.717) is 29.5 Å². The van der Waals surface area contributed by atoms with Crippen LogP contribution < -0.4 is 10.6 Å². The molecule has 0 aliphatic rings. The van der Waals surface area contributed by atoms with Crippen LogP contribution in [0.15, 0.2) is 61.2 Å². The fourth-order valence-electron chi connectivity index (χ4n) is 3.54. The van der Waals surface area contributed by atoms with Crippen LogP contribution in [0.4, 0.5) is 5.69 Å². The van der Waals surface area contributed by atoms with Crippen LogP contribution in [0.2, 0.25) is 0 Å². The van der Waals surface area contributed by atoms with Gasteiger partial charge in [0.2, 0.25) is 0 Å². The molecule has 0 spiro atoms. The zero-order valence-electron chi connectivity index (χ0n) is 18.7. The Morgan fingerprint density at radius 3 is 2.74 bits per heavy atom. The Bertz CT molecular complexity index is 1460. The largest absolute Gasteiger partial charge is 0.378 e. The number of pyridine rings is 1. The molecule has 170 valence electrons. The molecule has 1 amide bonds. The molecular formula is C23H22N10O. The second kappa shape index (κ2) is 9.06. The first-order valence-electron chi connectivity index (χ1n) is 10.7. The van der Waals surface area contributed by atoms with E-state index in [4.69, 9.17) is 0 Å². The highest BCUT2D eigenvalue weighted by molar-refractivity contribution is 5.95. The molecule has 0 saturated carbocycles. The molecule has 11 nitrogen and oxygen atoms in total. The summed E-state index contributed by atoms with van der Waals surface area (Å²) in [4.78, 5) is 20.9. The molecule has 0 radical (unpaired) electrons. The van der Waals surface area contributed by atoms with Gasteiger partial charge in [-0.25, -0.2) is 9.97 Å². The molecule has 0 aliphatic heterocycles. The van der Waals surface area contributed by atoms with E-state index in [2.05, 4.69) is 41.0 Å². The van der Waals surface area contributed by atoms with Gasteiger partial charge in [-0.05, 0) is 48.9 Å². The molecule has 0 fully saturated rings. The van der Waals surface area contributed by atoms with E-state index >= 15 is 0 Å². The van der Waals surface area contributed by atoms with Crippen molar-refractivity contribution in [2.75, 3.05) is 5.32 Å². The predicted octanol–water partition coefficient (Wildman–Crippen LogP) is 2.17. The van der Waals surface area contributed by atoms with Crippen LogP contribution in [-0.4, -0.2) is 45.2 Å². The number of fused-ring (bicyclic) bond motifs is 1. The number of aryl methyl sites for hydroxylation is 1. The number of carbonyl (C=O) groups excluding carboxylic acids is 1. The lowest BCUT2D eigenvalue weighted by Crippen LogP contribution is -2.24. The number of benzene rings is 1. The van der Waals surface area contributed by atoms with E-state index in [1.165, 1.54) is 6.33 Å². The van der Waals surface area contributed by atoms with E-state index < -0.39 is 0 Å². The molecule has 0 aliphatic carbocycles. The average Bonchev–Trinajstić information content (AvgIpc) is 3.44. The molecule has 0 bridgehead atoms. The highest BCUT2D eigenvalue weighted by atomic mass is 16.1. The van der Waals surface area contributed by atoms with Gasteiger partial charge in [0.25, 0.3) is 5.91 Å².